The number of carbonyl (C=O) groups is 1. The number of carbonyl (C=O) groups excluding carboxylic acids is 1. The maximum absolute atomic E-state index is 14.0. The number of nitrogens with zero attached hydrogens (tertiary/aromatic N) is 1. The molecule has 162 valence electrons. The minimum atomic E-state index is -4.57. The quantitative estimate of drug-likeness (QED) is 0.677. The summed E-state index contributed by atoms with van der Waals surface area (Å²) in [5.41, 5.74) is -0.331. The number of hydrogen-bond acceptors (Lipinski definition) is 4. The zero-order valence-electron chi connectivity index (χ0n) is 15.1. The summed E-state index contributed by atoms with van der Waals surface area (Å²) < 4.78 is 80.6. The lowest BCUT2D eigenvalue weighted by molar-refractivity contribution is -0.136. The molecule has 6 nitrogen and oxygen atoms in total. The minimum absolute atomic E-state index is 0.0738. The van der Waals surface area contributed by atoms with Crippen LogP contribution >= 0.6 is 11.6 Å². The van der Waals surface area contributed by atoms with Crippen LogP contribution in [0.2, 0.25) is 5.02 Å². The van der Waals surface area contributed by atoms with Gasteiger partial charge >= 0.3 is 0 Å². The molecule has 0 radical (unpaired) electrons. The molecular formula is C18H15ClF4N2O4S. The van der Waals surface area contributed by atoms with Gasteiger partial charge in [-0.2, -0.15) is 4.31 Å². The summed E-state index contributed by atoms with van der Waals surface area (Å²) in [5.74, 6) is -6.40. The number of hydrogen-bond donors (Lipinski definition) is 2. The molecule has 0 aromatic heterocycles. The van der Waals surface area contributed by atoms with Gasteiger partial charge in [0, 0.05) is 17.8 Å². The zero-order valence-corrected chi connectivity index (χ0v) is 16.7. The SMILES string of the molecule is O=C(Nc1ccc(F)c(Cl)c1)c1cc(F)cc(S(=O)(=O)N2CCC(O)C(F)(F)C2)c1. The second-order valence-corrected chi connectivity index (χ2v) is 9.01. The van der Waals surface area contributed by atoms with Crippen molar-refractivity contribution in [2.24, 2.45) is 0 Å². The Morgan fingerprint density at radius 3 is 2.53 bits per heavy atom. The van der Waals surface area contributed by atoms with Crippen LogP contribution < -0.4 is 5.32 Å². The maximum Gasteiger partial charge on any atom is 0.286 e. The van der Waals surface area contributed by atoms with Crippen LogP contribution in [-0.4, -0.2) is 48.9 Å². The molecule has 0 aliphatic carbocycles. The summed E-state index contributed by atoms with van der Waals surface area (Å²) in [7, 11) is -4.57. The second-order valence-electron chi connectivity index (χ2n) is 6.66. The smallest absolute Gasteiger partial charge is 0.286 e. The van der Waals surface area contributed by atoms with E-state index in [0.29, 0.717) is 10.4 Å². The van der Waals surface area contributed by atoms with Crippen molar-refractivity contribution in [3.63, 3.8) is 0 Å². The number of halogens is 5. The second kappa shape index (κ2) is 8.14. The number of aliphatic hydroxyl groups is 1. The number of piperidine rings is 1. The first-order valence-corrected chi connectivity index (χ1v) is 10.3. The van der Waals surface area contributed by atoms with Crippen LogP contribution in [0.4, 0.5) is 23.2 Å². The molecule has 3 rings (SSSR count). The molecule has 0 saturated carbocycles. The molecule has 0 spiro atoms. The highest BCUT2D eigenvalue weighted by Crippen LogP contribution is 2.31. The Morgan fingerprint density at radius 1 is 1.20 bits per heavy atom. The van der Waals surface area contributed by atoms with Gasteiger partial charge in [0.25, 0.3) is 11.8 Å². The van der Waals surface area contributed by atoms with Crippen LogP contribution in [0, 0.1) is 11.6 Å². The van der Waals surface area contributed by atoms with E-state index in [1.807, 2.05) is 0 Å². The highest BCUT2D eigenvalue weighted by Gasteiger charge is 2.47. The molecule has 1 amide bonds. The Balaban J connectivity index is 1.89. The van der Waals surface area contributed by atoms with E-state index in [1.165, 1.54) is 6.07 Å². The molecular weight excluding hydrogens is 452 g/mol. The van der Waals surface area contributed by atoms with Gasteiger partial charge in [-0.25, -0.2) is 26.0 Å². The van der Waals surface area contributed by atoms with Gasteiger partial charge in [0.1, 0.15) is 17.7 Å². The number of sulfonamides is 1. The molecule has 1 fully saturated rings. The van der Waals surface area contributed by atoms with Crippen LogP contribution in [0.25, 0.3) is 0 Å². The Bertz CT molecular complexity index is 1100. The van der Waals surface area contributed by atoms with Crippen LogP contribution in [0.3, 0.4) is 0 Å². The molecule has 2 aromatic carbocycles. The average Bonchev–Trinajstić information content (AvgIpc) is 2.66. The minimum Gasteiger partial charge on any atom is -0.387 e. The number of aliphatic hydroxyl groups excluding tert-OH is 1. The molecule has 2 aromatic rings. The van der Waals surface area contributed by atoms with Crippen molar-refractivity contribution in [3.05, 3.63) is 58.6 Å². The molecule has 1 heterocycles. The van der Waals surface area contributed by atoms with Crippen LogP contribution in [-0.2, 0) is 10.0 Å². The topological polar surface area (TPSA) is 86.7 Å². The highest BCUT2D eigenvalue weighted by molar-refractivity contribution is 7.89. The molecule has 12 heteroatoms. The Labute approximate surface area is 174 Å². The fourth-order valence-electron chi connectivity index (χ4n) is 2.87. The van der Waals surface area contributed by atoms with E-state index in [-0.39, 0.29) is 10.7 Å². The third-order valence-corrected chi connectivity index (χ3v) is 6.59. The van der Waals surface area contributed by atoms with Crippen LogP contribution in [0.1, 0.15) is 16.8 Å². The average molecular weight is 467 g/mol. The molecule has 1 aliphatic heterocycles. The number of anilines is 1. The van der Waals surface area contributed by atoms with Gasteiger partial charge in [-0.05, 0) is 42.8 Å². The Kier molecular flexibility index (Phi) is 6.10. The van der Waals surface area contributed by atoms with Crippen molar-refractivity contribution >= 4 is 33.2 Å². The summed E-state index contributed by atoms with van der Waals surface area (Å²) in [5, 5.41) is 11.3. The van der Waals surface area contributed by atoms with Gasteiger partial charge in [0.15, 0.2) is 0 Å². The third kappa shape index (κ3) is 4.59. The van der Waals surface area contributed by atoms with E-state index >= 15 is 0 Å². The summed E-state index contributed by atoms with van der Waals surface area (Å²) in [6.45, 7) is -1.67. The van der Waals surface area contributed by atoms with Gasteiger partial charge in [-0.3, -0.25) is 4.79 Å². The lowest BCUT2D eigenvalue weighted by atomic mass is 10.1. The summed E-state index contributed by atoms with van der Waals surface area (Å²) in [6, 6.07) is 5.48. The fourth-order valence-corrected chi connectivity index (χ4v) is 4.58. The number of amides is 1. The molecule has 1 aliphatic rings. The number of alkyl halides is 2. The molecule has 2 N–H and O–H groups in total. The lowest BCUT2D eigenvalue weighted by Gasteiger charge is -2.35. The number of nitrogens with one attached hydrogen (secondary N) is 1. The van der Waals surface area contributed by atoms with Gasteiger partial charge in [0.05, 0.1) is 16.5 Å². The van der Waals surface area contributed by atoms with E-state index < -0.39 is 69.6 Å². The normalized spacial score (nSPS) is 19.5. The third-order valence-electron chi connectivity index (χ3n) is 4.48. The van der Waals surface area contributed by atoms with Gasteiger partial charge in [-0.1, -0.05) is 11.6 Å². The Hall–Kier alpha value is -2.21. The van der Waals surface area contributed by atoms with Crippen molar-refractivity contribution in [1.29, 1.82) is 0 Å². The first-order chi connectivity index (χ1) is 13.9. The van der Waals surface area contributed by atoms with E-state index in [1.54, 1.807) is 0 Å². The highest BCUT2D eigenvalue weighted by atomic mass is 35.5. The number of rotatable bonds is 4. The largest absolute Gasteiger partial charge is 0.387 e. The molecule has 0 bridgehead atoms. The van der Waals surface area contributed by atoms with Crippen molar-refractivity contribution in [2.45, 2.75) is 23.3 Å². The lowest BCUT2D eigenvalue weighted by Crippen LogP contribution is -2.53. The molecule has 1 atom stereocenters. The summed E-state index contributed by atoms with van der Waals surface area (Å²) >= 11 is 5.62. The van der Waals surface area contributed by atoms with Gasteiger partial charge < -0.3 is 10.4 Å². The molecule has 30 heavy (non-hydrogen) atoms. The number of benzene rings is 2. The van der Waals surface area contributed by atoms with Crippen molar-refractivity contribution in [1.82, 2.24) is 4.31 Å². The fraction of sp³-hybridized carbons (Fsp3) is 0.278. The zero-order chi connectivity index (χ0) is 22.3. The van der Waals surface area contributed by atoms with Crippen molar-refractivity contribution < 1.29 is 35.9 Å². The van der Waals surface area contributed by atoms with Crippen molar-refractivity contribution in [3.8, 4) is 0 Å². The van der Waals surface area contributed by atoms with E-state index in [4.69, 9.17) is 11.6 Å². The Morgan fingerprint density at radius 2 is 1.90 bits per heavy atom. The predicted octanol–water partition coefficient (Wildman–Crippen LogP) is 3.26. The van der Waals surface area contributed by atoms with Crippen molar-refractivity contribution in [2.75, 3.05) is 18.4 Å². The monoisotopic (exact) mass is 466 g/mol. The summed E-state index contributed by atoms with van der Waals surface area (Å²) in [6.07, 6.45) is -2.49. The van der Waals surface area contributed by atoms with Crippen LogP contribution in [0.5, 0.6) is 0 Å². The summed E-state index contributed by atoms with van der Waals surface area (Å²) in [4.78, 5) is 11.7. The van der Waals surface area contributed by atoms with Gasteiger partial charge in [0.2, 0.25) is 10.0 Å². The maximum atomic E-state index is 14.0. The van der Waals surface area contributed by atoms with E-state index in [9.17, 15) is 35.9 Å². The first-order valence-electron chi connectivity index (χ1n) is 8.53. The predicted molar refractivity (Wildman–Crippen MR) is 100 cm³/mol. The van der Waals surface area contributed by atoms with E-state index in [2.05, 4.69) is 5.32 Å². The molecule has 1 unspecified atom stereocenters. The standard InChI is InChI=1S/C18H15ClF4N2O4S/c19-14-8-12(1-2-15(14)21)24-17(27)10-5-11(20)7-13(6-10)30(28,29)25-4-3-16(26)18(22,23)9-25/h1-2,5-8,16,26H,3-4,9H2,(H,24,27). The first kappa shape index (κ1) is 22.5. The van der Waals surface area contributed by atoms with E-state index in [0.717, 1.165) is 24.3 Å². The van der Waals surface area contributed by atoms with Gasteiger partial charge in [-0.15, -0.1) is 0 Å². The van der Waals surface area contributed by atoms with Crippen LogP contribution in [0.15, 0.2) is 41.3 Å². The molecule has 1 saturated heterocycles.